The molecule has 0 bridgehead atoms. The highest BCUT2D eigenvalue weighted by atomic mass is 32.2. The van der Waals surface area contributed by atoms with Gasteiger partial charge in [0.2, 0.25) is 10.0 Å². The summed E-state index contributed by atoms with van der Waals surface area (Å²) in [5, 5.41) is 0.858. The predicted octanol–water partition coefficient (Wildman–Crippen LogP) is 1.97. The number of aromatic nitrogens is 2. The van der Waals surface area contributed by atoms with Crippen LogP contribution in [0.15, 0.2) is 24.5 Å². The van der Waals surface area contributed by atoms with Crippen molar-refractivity contribution in [3.8, 4) is 0 Å². The van der Waals surface area contributed by atoms with Crippen molar-refractivity contribution in [3.63, 3.8) is 0 Å². The molecule has 2 heterocycles. The summed E-state index contributed by atoms with van der Waals surface area (Å²) in [5.41, 5.74) is 1.60. The van der Waals surface area contributed by atoms with Crippen LogP contribution in [0, 0.1) is 0 Å². The number of fused-ring (bicyclic) bond motifs is 1. The lowest BCUT2D eigenvalue weighted by molar-refractivity contribution is 0.595. The van der Waals surface area contributed by atoms with E-state index in [0.717, 1.165) is 10.9 Å². The third-order valence-electron chi connectivity index (χ3n) is 2.54. The maximum absolute atomic E-state index is 11.4. The highest BCUT2D eigenvalue weighted by molar-refractivity contribution is 7.89. The fourth-order valence-electron chi connectivity index (χ4n) is 1.60. The van der Waals surface area contributed by atoms with Crippen molar-refractivity contribution in [1.29, 1.82) is 0 Å². The van der Waals surface area contributed by atoms with Crippen molar-refractivity contribution < 1.29 is 8.42 Å². The summed E-state index contributed by atoms with van der Waals surface area (Å²) in [7, 11) is -3.27. The zero-order valence-electron chi connectivity index (χ0n) is 9.51. The van der Waals surface area contributed by atoms with Crippen LogP contribution in [-0.4, -0.2) is 23.6 Å². The number of hydrogen-bond acceptors (Lipinski definition) is 3. The zero-order valence-corrected chi connectivity index (χ0v) is 10.3. The Morgan fingerprint density at radius 1 is 1.38 bits per heavy atom. The van der Waals surface area contributed by atoms with Gasteiger partial charge in [0.1, 0.15) is 0 Å². The lowest BCUT2D eigenvalue weighted by Crippen LogP contribution is -2.09. The van der Waals surface area contributed by atoms with Crippen molar-refractivity contribution in [3.05, 3.63) is 30.1 Å². The summed E-state index contributed by atoms with van der Waals surface area (Å²) in [6.45, 7) is 4.16. The standard InChI is InChI=1S/C11H14N2O2S/c1-8(2)10-6-9-4-5-13(16(3,14)15)11(9)12-7-10/h4-8H,1-3H3. The molecule has 0 amide bonds. The van der Waals surface area contributed by atoms with Gasteiger partial charge in [-0.05, 0) is 23.6 Å². The molecule has 0 saturated carbocycles. The molecule has 0 aliphatic carbocycles. The van der Waals surface area contributed by atoms with Crippen LogP contribution in [0.5, 0.6) is 0 Å². The molecule has 4 nitrogen and oxygen atoms in total. The maximum Gasteiger partial charge on any atom is 0.237 e. The molecule has 16 heavy (non-hydrogen) atoms. The maximum atomic E-state index is 11.4. The summed E-state index contributed by atoms with van der Waals surface area (Å²) in [4.78, 5) is 4.21. The van der Waals surface area contributed by atoms with Crippen molar-refractivity contribution in [2.75, 3.05) is 6.26 Å². The van der Waals surface area contributed by atoms with Crippen molar-refractivity contribution in [1.82, 2.24) is 8.96 Å². The molecule has 0 aliphatic heterocycles. The van der Waals surface area contributed by atoms with E-state index in [2.05, 4.69) is 18.8 Å². The molecule has 0 aromatic carbocycles. The monoisotopic (exact) mass is 238 g/mol. The first kappa shape index (κ1) is 11.1. The van der Waals surface area contributed by atoms with Crippen LogP contribution in [0.4, 0.5) is 0 Å². The Bertz CT molecular complexity index is 626. The van der Waals surface area contributed by atoms with Crippen LogP contribution in [0.3, 0.4) is 0 Å². The summed E-state index contributed by atoms with van der Waals surface area (Å²) < 4.78 is 24.1. The van der Waals surface area contributed by atoms with Crippen LogP contribution in [0.2, 0.25) is 0 Å². The lowest BCUT2D eigenvalue weighted by Gasteiger charge is -2.05. The normalized spacial score (nSPS) is 12.5. The molecular weight excluding hydrogens is 224 g/mol. The van der Waals surface area contributed by atoms with Gasteiger partial charge in [-0.3, -0.25) is 0 Å². The van der Waals surface area contributed by atoms with Gasteiger partial charge in [0.15, 0.2) is 5.65 Å². The van der Waals surface area contributed by atoms with Crippen LogP contribution < -0.4 is 0 Å². The van der Waals surface area contributed by atoms with Gasteiger partial charge in [0.25, 0.3) is 0 Å². The smallest absolute Gasteiger partial charge is 0.237 e. The van der Waals surface area contributed by atoms with Gasteiger partial charge in [-0.1, -0.05) is 13.8 Å². The van der Waals surface area contributed by atoms with Crippen LogP contribution >= 0.6 is 0 Å². The van der Waals surface area contributed by atoms with Crippen LogP contribution in [0.25, 0.3) is 11.0 Å². The number of hydrogen-bond donors (Lipinski definition) is 0. The summed E-state index contributed by atoms with van der Waals surface area (Å²) in [6.07, 6.45) is 4.44. The van der Waals surface area contributed by atoms with Gasteiger partial charge in [0.05, 0.1) is 6.26 Å². The first-order chi connectivity index (χ1) is 7.39. The lowest BCUT2D eigenvalue weighted by atomic mass is 10.1. The van der Waals surface area contributed by atoms with E-state index in [0.29, 0.717) is 11.6 Å². The Morgan fingerprint density at radius 2 is 2.06 bits per heavy atom. The second-order valence-corrected chi connectivity index (χ2v) is 6.07. The molecule has 2 rings (SSSR count). The molecule has 2 aromatic rings. The zero-order chi connectivity index (χ0) is 11.9. The highest BCUT2D eigenvalue weighted by Crippen LogP contribution is 2.20. The van der Waals surface area contributed by atoms with E-state index >= 15 is 0 Å². The Hall–Kier alpha value is -1.36. The second-order valence-electron chi connectivity index (χ2n) is 4.21. The van der Waals surface area contributed by atoms with E-state index in [1.54, 1.807) is 12.3 Å². The Kier molecular flexibility index (Phi) is 2.50. The third-order valence-corrected chi connectivity index (χ3v) is 3.55. The quantitative estimate of drug-likeness (QED) is 0.803. The molecule has 0 aliphatic rings. The SMILES string of the molecule is CC(C)c1cnc2c(ccn2S(C)(=O)=O)c1. The van der Waals surface area contributed by atoms with E-state index in [1.165, 1.54) is 16.4 Å². The molecule has 0 unspecified atom stereocenters. The van der Waals surface area contributed by atoms with Gasteiger partial charge in [0, 0.05) is 17.8 Å². The van der Waals surface area contributed by atoms with E-state index < -0.39 is 10.0 Å². The van der Waals surface area contributed by atoms with Crippen molar-refractivity contribution in [2.45, 2.75) is 19.8 Å². The van der Waals surface area contributed by atoms with Gasteiger partial charge >= 0.3 is 0 Å². The minimum atomic E-state index is -3.27. The Balaban J connectivity index is 2.69. The molecule has 0 spiro atoms. The van der Waals surface area contributed by atoms with Crippen molar-refractivity contribution >= 4 is 21.1 Å². The van der Waals surface area contributed by atoms with E-state index in [1.807, 2.05) is 6.07 Å². The van der Waals surface area contributed by atoms with Gasteiger partial charge in [-0.15, -0.1) is 0 Å². The van der Waals surface area contributed by atoms with Gasteiger partial charge < -0.3 is 0 Å². The minimum Gasteiger partial charge on any atom is -0.237 e. The Labute approximate surface area is 95.0 Å². The first-order valence-electron chi connectivity index (χ1n) is 5.07. The second kappa shape index (κ2) is 3.59. The first-order valence-corrected chi connectivity index (χ1v) is 6.92. The van der Waals surface area contributed by atoms with Crippen LogP contribution in [0.1, 0.15) is 25.3 Å². The fraction of sp³-hybridized carbons (Fsp3) is 0.364. The topological polar surface area (TPSA) is 52.0 Å². The number of nitrogens with zero attached hydrogens (tertiary/aromatic N) is 2. The molecule has 0 fully saturated rings. The average Bonchev–Trinajstić information content (AvgIpc) is 2.58. The molecule has 0 N–H and O–H groups in total. The number of pyridine rings is 1. The highest BCUT2D eigenvalue weighted by Gasteiger charge is 2.11. The van der Waals surface area contributed by atoms with Crippen molar-refractivity contribution in [2.24, 2.45) is 0 Å². The molecule has 5 heteroatoms. The van der Waals surface area contributed by atoms with E-state index in [9.17, 15) is 8.42 Å². The third kappa shape index (κ3) is 1.82. The molecule has 2 aromatic heterocycles. The predicted molar refractivity (Wildman–Crippen MR) is 64.1 cm³/mol. The van der Waals surface area contributed by atoms with E-state index in [-0.39, 0.29) is 0 Å². The Morgan fingerprint density at radius 3 is 2.62 bits per heavy atom. The molecule has 0 radical (unpaired) electrons. The summed E-state index contributed by atoms with van der Waals surface area (Å²) >= 11 is 0. The summed E-state index contributed by atoms with van der Waals surface area (Å²) in [6, 6.07) is 3.75. The van der Waals surface area contributed by atoms with Gasteiger partial charge in [-0.2, -0.15) is 0 Å². The number of rotatable bonds is 2. The van der Waals surface area contributed by atoms with E-state index in [4.69, 9.17) is 0 Å². The largest absolute Gasteiger partial charge is 0.237 e. The minimum absolute atomic E-state index is 0.387. The molecule has 0 saturated heterocycles. The molecule has 0 atom stereocenters. The fourth-order valence-corrected chi connectivity index (χ4v) is 2.35. The molecule has 86 valence electrons. The van der Waals surface area contributed by atoms with Crippen LogP contribution in [-0.2, 0) is 10.0 Å². The molecular formula is C11H14N2O2S. The summed E-state index contributed by atoms with van der Waals surface area (Å²) in [5.74, 6) is 0.387. The average molecular weight is 238 g/mol. The van der Waals surface area contributed by atoms with Gasteiger partial charge in [-0.25, -0.2) is 17.4 Å².